The predicted octanol–water partition coefficient (Wildman–Crippen LogP) is 5.34. The fourth-order valence-corrected chi connectivity index (χ4v) is 3.11. The summed E-state index contributed by atoms with van der Waals surface area (Å²) in [6.45, 7) is 0. The van der Waals surface area contributed by atoms with Crippen LogP contribution in [0.5, 0.6) is 0 Å². The van der Waals surface area contributed by atoms with Crippen LogP contribution in [0.4, 0.5) is 18.3 Å². The highest BCUT2D eigenvalue weighted by Crippen LogP contribution is 2.32. The van der Waals surface area contributed by atoms with Crippen molar-refractivity contribution in [1.29, 1.82) is 0 Å². The van der Waals surface area contributed by atoms with E-state index in [2.05, 4.69) is 14.1 Å². The molecule has 3 nitrogen and oxygen atoms in total. The van der Waals surface area contributed by atoms with Gasteiger partial charge in [-0.15, -0.1) is 0 Å². The minimum Gasteiger partial charge on any atom is -0.300 e. The summed E-state index contributed by atoms with van der Waals surface area (Å²) in [7, 11) is 0. The summed E-state index contributed by atoms with van der Waals surface area (Å²) in [6, 6.07) is 14.6. The number of rotatable bonds is 4. The molecule has 0 amide bonds. The van der Waals surface area contributed by atoms with E-state index in [0.717, 1.165) is 41.2 Å². The van der Waals surface area contributed by atoms with E-state index >= 15 is 0 Å². The molecule has 23 heavy (non-hydrogen) atoms. The highest BCUT2D eigenvalue weighted by Gasteiger charge is 2.30. The topological polar surface area (TPSA) is 37.8 Å². The number of hydrogen-bond acceptors (Lipinski definition) is 5. The molecule has 3 aromatic rings. The highest BCUT2D eigenvalue weighted by atomic mass is 32.2. The zero-order valence-electron chi connectivity index (χ0n) is 11.5. The lowest BCUT2D eigenvalue weighted by atomic mass is 10.2. The molecule has 0 spiro atoms. The van der Waals surface area contributed by atoms with Crippen LogP contribution in [0.15, 0.2) is 59.5 Å². The summed E-state index contributed by atoms with van der Waals surface area (Å²) in [5, 5.41) is 0.534. The van der Waals surface area contributed by atoms with Gasteiger partial charge in [-0.25, -0.2) is 0 Å². The number of benzene rings is 2. The molecular weight excluding hydrogens is 343 g/mol. The molecule has 0 aliphatic rings. The molecule has 0 atom stereocenters. The monoisotopic (exact) mass is 353 g/mol. The molecule has 0 aliphatic heterocycles. The van der Waals surface area contributed by atoms with Crippen LogP contribution in [-0.4, -0.2) is 9.36 Å². The SMILES string of the molecule is FC(F)(F)c1cccc(SNc2nc(-c3ccccc3)ns2)c1. The van der Waals surface area contributed by atoms with Crippen molar-refractivity contribution >= 4 is 28.6 Å². The van der Waals surface area contributed by atoms with Crippen LogP contribution in [0.3, 0.4) is 0 Å². The largest absolute Gasteiger partial charge is 0.416 e. The van der Waals surface area contributed by atoms with Crippen LogP contribution in [-0.2, 0) is 6.18 Å². The lowest BCUT2D eigenvalue weighted by Crippen LogP contribution is -2.04. The maximum absolute atomic E-state index is 12.7. The minimum absolute atomic E-state index is 0.455. The molecule has 1 aromatic heterocycles. The molecule has 0 bridgehead atoms. The molecular formula is C15H10F3N3S2. The Bertz CT molecular complexity index is 788. The Morgan fingerprint density at radius 1 is 1.00 bits per heavy atom. The van der Waals surface area contributed by atoms with Gasteiger partial charge in [0.2, 0.25) is 5.13 Å². The minimum atomic E-state index is -4.35. The number of aromatic nitrogens is 2. The van der Waals surface area contributed by atoms with Gasteiger partial charge in [-0.05, 0) is 30.1 Å². The van der Waals surface area contributed by atoms with Crippen molar-refractivity contribution in [3.05, 3.63) is 60.2 Å². The fourth-order valence-electron chi connectivity index (χ4n) is 1.81. The highest BCUT2D eigenvalue weighted by molar-refractivity contribution is 8.00. The van der Waals surface area contributed by atoms with Crippen LogP contribution in [0, 0.1) is 0 Å². The first kappa shape index (κ1) is 15.8. The number of nitrogens with zero attached hydrogens (tertiary/aromatic N) is 2. The summed E-state index contributed by atoms with van der Waals surface area (Å²) in [6.07, 6.45) is -4.35. The molecule has 0 fully saturated rings. The Labute approximate surface area is 138 Å². The van der Waals surface area contributed by atoms with E-state index in [1.165, 1.54) is 6.07 Å². The summed E-state index contributed by atoms with van der Waals surface area (Å²) in [4.78, 5) is 4.77. The second-order valence-corrected chi connectivity index (χ2v) is 6.15. The van der Waals surface area contributed by atoms with E-state index in [-0.39, 0.29) is 0 Å². The molecule has 0 aliphatic carbocycles. The number of halogens is 3. The average Bonchev–Trinajstić information content (AvgIpc) is 3.02. The molecule has 2 aromatic carbocycles. The van der Waals surface area contributed by atoms with E-state index in [1.54, 1.807) is 6.07 Å². The quantitative estimate of drug-likeness (QED) is 0.642. The predicted molar refractivity (Wildman–Crippen MR) is 86.3 cm³/mol. The Hall–Kier alpha value is -2.06. The number of anilines is 1. The second-order valence-electron chi connectivity index (χ2n) is 4.52. The van der Waals surface area contributed by atoms with Gasteiger partial charge in [0.15, 0.2) is 5.82 Å². The maximum atomic E-state index is 12.7. The molecule has 118 valence electrons. The van der Waals surface area contributed by atoms with Gasteiger partial charge in [-0.1, -0.05) is 36.4 Å². The van der Waals surface area contributed by atoms with Crippen LogP contribution >= 0.6 is 23.5 Å². The van der Waals surface area contributed by atoms with Crippen molar-refractivity contribution in [1.82, 2.24) is 9.36 Å². The van der Waals surface area contributed by atoms with E-state index in [1.807, 2.05) is 30.3 Å². The third-order valence-electron chi connectivity index (χ3n) is 2.88. The molecule has 1 heterocycles. The zero-order chi connectivity index (χ0) is 16.3. The molecule has 0 radical (unpaired) electrons. The Kier molecular flexibility index (Phi) is 4.53. The lowest BCUT2D eigenvalue weighted by Gasteiger charge is -2.08. The van der Waals surface area contributed by atoms with E-state index < -0.39 is 11.7 Å². The van der Waals surface area contributed by atoms with Gasteiger partial charge in [-0.2, -0.15) is 22.5 Å². The second kappa shape index (κ2) is 6.59. The third kappa shape index (κ3) is 4.02. The first-order valence-corrected chi connectivity index (χ1v) is 8.10. The van der Waals surface area contributed by atoms with Gasteiger partial charge in [0.05, 0.1) is 5.56 Å². The van der Waals surface area contributed by atoms with Crippen molar-refractivity contribution in [3.8, 4) is 11.4 Å². The molecule has 0 saturated carbocycles. The first-order chi connectivity index (χ1) is 11.0. The van der Waals surface area contributed by atoms with Crippen molar-refractivity contribution in [2.75, 3.05) is 4.72 Å². The molecule has 8 heteroatoms. The van der Waals surface area contributed by atoms with Crippen LogP contribution in [0.1, 0.15) is 5.56 Å². The standard InChI is InChI=1S/C15H10F3N3S2/c16-15(17,18)11-7-4-8-12(9-11)22-21-14-19-13(20-23-14)10-5-2-1-3-6-10/h1-9H,(H,19,20,21). The van der Waals surface area contributed by atoms with Crippen LogP contribution < -0.4 is 4.72 Å². The Morgan fingerprint density at radius 3 is 2.52 bits per heavy atom. The van der Waals surface area contributed by atoms with Gasteiger partial charge in [0.1, 0.15) is 0 Å². The third-order valence-corrected chi connectivity index (χ3v) is 4.42. The van der Waals surface area contributed by atoms with Crippen LogP contribution in [0.2, 0.25) is 0 Å². The fraction of sp³-hybridized carbons (Fsp3) is 0.0667. The zero-order valence-corrected chi connectivity index (χ0v) is 13.2. The van der Waals surface area contributed by atoms with E-state index in [0.29, 0.717) is 15.9 Å². The number of alkyl halides is 3. The summed E-state index contributed by atoms with van der Waals surface area (Å²) in [5.41, 5.74) is 0.215. The van der Waals surface area contributed by atoms with Crippen molar-refractivity contribution in [3.63, 3.8) is 0 Å². The van der Waals surface area contributed by atoms with Crippen molar-refractivity contribution < 1.29 is 13.2 Å². The van der Waals surface area contributed by atoms with Gasteiger partial charge in [0.25, 0.3) is 0 Å². The lowest BCUT2D eigenvalue weighted by molar-refractivity contribution is -0.137. The van der Waals surface area contributed by atoms with E-state index in [9.17, 15) is 13.2 Å². The number of nitrogens with one attached hydrogen (secondary N) is 1. The van der Waals surface area contributed by atoms with Gasteiger partial charge in [-0.3, -0.25) is 0 Å². The van der Waals surface area contributed by atoms with Crippen molar-refractivity contribution in [2.45, 2.75) is 11.1 Å². The van der Waals surface area contributed by atoms with Gasteiger partial charge >= 0.3 is 6.18 Å². The summed E-state index contributed by atoms with van der Waals surface area (Å²) >= 11 is 2.23. The molecule has 1 N–H and O–H groups in total. The molecule has 3 rings (SSSR count). The smallest absolute Gasteiger partial charge is 0.300 e. The molecule has 0 unspecified atom stereocenters. The normalized spacial score (nSPS) is 11.4. The van der Waals surface area contributed by atoms with Gasteiger partial charge in [0, 0.05) is 22.0 Å². The average molecular weight is 353 g/mol. The Morgan fingerprint density at radius 2 is 1.78 bits per heavy atom. The first-order valence-electron chi connectivity index (χ1n) is 6.51. The van der Waals surface area contributed by atoms with Crippen molar-refractivity contribution in [2.24, 2.45) is 0 Å². The Balaban J connectivity index is 1.69. The van der Waals surface area contributed by atoms with E-state index in [4.69, 9.17) is 0 Å². The van der Waals surface area contributed by atoms with Gasteiger partial charge < -0.3 is 4.72 Å². The molecule has 0 saturated heterocycles. The maximum Gasteiger partial charge on any atom is 0.416 e. The summed E-state index contributed by atoms with van der Waals surface area (Å²) in [5.74, 6) is 0.586. The van der Waals surface area contributed by atoms with Crippen LogP contribution in [0.25, 0.3) is 11.4 Å². The summed E-state index contributed by atoms with van der Waals surface area (Å²) < 4.78 is 45.2. The number of hydrogen-bond donors (Lipinski definition) is 1.